The molecule has 1 heterocycles. The molecule has 2 heteroatoms. The molecule has 2 atom stereocenters. The Morgan fingerprint density at radius 2 is 1.80 bits per heavy atom. The van der Waals surface area contributed by atoms with Gasteiger partial charge in [0.1, 0.15) is 0 Å². The summed E-state index contributed by atoms with van der Waals surface area (Å²) in [6.07, 6.45) is 16.7. The molecule has 0 aromatic carbocycles. The standard InChI is InChI=1S/C18H37NO/c1-3-5-6-7-8-9-11-17(19-15-4-2)13-14-18-12-10-16-20-18/h17-19H,3-16H2,1-2H3. The molecule has 2 nitrogen and oxygen atoms in total. The van der Waals surface area contributed by atoms with Crippen molar-refractivity contribution in [3.05, 3.63) is 0 Å². The Labute approximate surface area is 127 Å². The van der Waals surface area contributed by atoms with E-state index in [4.69, 9.17) is 4.74 Å². The molecule has 0 aromatic heterocycles. The Bertz CT molecular complexity index is 202. The van der Waals surface area contributed by atoms with Crippen molar-refractivity contribution in [3.63, 3.8) is 0 Å². The van der Waals surface area contributed by atoms with E-state index >= 15 is 0 Å². The van der Waals surface area contributed by atoms with Crippen molar-refractivity contribution in [2.45, 2.75) is 103 Å². The van der Waals surface area contributed by atoms with Gasteiger partial charge in [0.05, 0.1) is 6.10 Å². The van der Waals surface area contributed by atoms with Gasteiger partial charge in [0.2, 0.25) is 0 Å². The van der Waals surface area contributed by atoms with E-state index in [-0.39, 0.29) is 0 Å². The van der Waals surface area contributed by atoms with Gasteiger partial charge < -0.3 is 10.1 Å². The Hall–Kier alpha value is -0.0800. The van der Waals surface area contributed by atoms with Crippen LogP contribution in [0.3, 0.4) is 0 Å². The second-order valence-corrected chi connectivity index (χ2v) is 6.42. The first kappa shape index (κ1) is 18.0. The molecule has 0 spiro atoms. The summed E-state index contributed by atoms with van der Waals surface area (Å²) in [6, 6.07) is 0.727. The number of hydrogen-bond donors (Lipinski definition) is 1. The molecule has 0 amide bonds. The monoisotopic (exact) mass is 283 g/mol. The topological polar surface area (TPSA) is 21.3 Å². The lowest BCUT2D eigenvalue weighted by molar-refractivity contribution is 0.0991. The second-order valence-electron chi connectivity index (χ2n) is 6.42. The second kappa shape index (κ2) is 12.6. The maximum absolute atomic E-state index is 5.75. The maximum Gasteiger partial charge on any atom is 0.0576 e. The molecule has 1 fully saturated rings. The number of rotatable bonds is 13. The molecule has 1 aliphatic heterocycles. The fourth-order valence-electron chi connectivity index (χ4n) is 3.13. The molecule has 1 saturated heterocycles. The minimum atomic E-state index is 0.561. The van der Waals surface area contributed by atoms with Crippen LogP contribution in [-0.4, -0.2) is 25.3 Å². The van der Waals surface area contributed by atoms with Crippen LogP contribution in [0.15, 0.2) is 0 Å². The van der Waals surface area contributed by atoms with Crippen LogP contribution in [0.5, 0.6) is 0 Å². The van der Waals surface area contributed by atoms with Gasteiger partial charge in [-0.2, -0.15) is 0 Å². The zero-order valence-corrected chi connectivity index (χ0v) is 14.0. The highest BCUT2D eigenvalue weighted by Crippen LogP contribution is 2.19. The Balaban J connectivity index is 2.07. The summed E-state index contributed by atoms with van der Waals surface area (Å²) in [5.41, 5.74) is 0. The highest BCUT2D eigenvalue weighted by molar-refractivity contribution is 4.72. The third-order valence-corrected chi connectivity index (χ3v) is 4.45. The lowest BCUT2D eigenvalue weighted by Crippen LogP contribution is -2.30. The van der Waals surface area contributed by atoms with Gasteiger partial charge in [-0.3, -0.25) is 0 Å². The molecule has 0 radical (unpaired) electrons. The molecule has 0 aliphatic carbocycles. The Kier molecular flexibility index (Phi) is 11.4. The summed E-state index contributed by atoms with van der Waals surface area (Å²) in [6.45, 7) is 6.71. The molecular formula is C18H37NO. The molecule has 1 N–H and O–H groups in total. The summed E-state index contributed by atoms with van der Waals surface area (Å²) in [5, 5.41) is 3.74. The first-order valence-electron chi connectivity index (χ1n) is 9.21. The summed E-state index contributed by atoms with van der Waals surface area (Å²) < 4.78 is 5.75. The molecular weight excluding hydrogens is 246 g/mol. The first-order chi connectivity index (χ1) is 9.86. The fraction of sp³-hybridized carbons (Fsp3) is 1.00. The van der Waals surface area contributed by atoms with E-state index in [9.17, 15) is 0 Å². The van der Waals surface area contributed by atoms with Gasteiger partial charge in [0.15, 0.2) is 0 Å². The van der Waals surface area contributed by atoms with Crippen molar-refractivity contribution >= 4 is 0 Å². The molecule has 120 valence electrons. The van der Waals surface area contributed by atoms with Crippen molar-refractivity contribution < 1.29 is 4.74 Å². The quantitative estimate of drug-likeness (QED) is 0.477. The highest BCUT2D eigenvalue weighted by Gasteiger charge is 2.17. The van der Waals surface area contributed by atoms with Gasteiger partial charge in [-0.05, 0) is 45.1 Å². The van der Waals surface area contributed by atoms with E-state index < -0.39 is 0 Å². The van der Waals surface area contributed by atoms with Crippen LogP contribution in [0.2, 0.25) is 0 Å². The zero-order valence-electron chi connectivity index (χ0n) is 14.0. The van der Waals surface area contributed by atoms with Crippen LogP contribution in [0, 0.1) is 0 Å². The van der Waals surface area contributed by atoms with Crippen LogP contribution in [0.25, 0.3) is 0 Å². The molecule has 0 aromatic rings. The van der Waals surface area contributed by atoms with Gasteiger partial charge in [-0.15, -0.1) is 0 Å². The van der Waals surface area contributed by atoms with E-state index in [1.54, 1.807) is 0 Å². The highest BCUT2D eigenvalue weighted by atomic mass is 16.5. The third kappa shape index (κ3) is 8.97. The normalized spacial score (nSPS) is 20.4. The molecule has 0 bridgehead atoms. The van der Waals surface area contributed by atoms with E-state index in [0.29, 0.717) is 6.10 Å². The molecule has 1 rings (SSSR count). The predicted octanol–water partition coefficient (Wildman–Crippen LogP) is 5.06. The lowest BCUT2D eigenvalue weighted by atomic mass is 9.99. The van der Waals surface area contributed by atoms with Crippen LogP contribution in [0.4, 0.5) is 0 Å². The zero-order chi connectivity index (χ0) is 14.5. The van der Waals surface area contributed by atoms with Crippen LogP contribution in [-0.2, 0) is 4.74 Å². The minimum Gasteiger partial charge on any atom is -0.378 e. The minimum absolute atomic E-state index is 0.561. The van der Waals surface area contributed by atoms with Gasteiger partial charge in [0, 0.05) is 12.6 Å². The van der Waals surface area contributed by atoms with E-state index in [2.05, 4.69) is 19.2 Å². The molecule has 2 unspecified atom stereocenters. The number of unbranched alkanes of at least 4 members (excludes halogenated alkanes) is 5. The maximum atomic E-state index is 5.75. The van der Waals surface area contributed by atoms with Crippen LogP contribution in [0.1, 0.15) is 90.9 Å². The Morgan fingerprint density at radius 1 is 1.00 bits per heavy atom. The largest absolute Gasteiger partial charge is 0.378 e. The van der Waals surface area contributed by atoms with Gasteiger partial charge in [-0.25, -0.2) is 0 Å². The van der Waals surface area contributed by atoms with Crippen molar-refractivity contribution in [2.75, 3.05) is 13.2 Å². The van der Waals surface area contributed by atoms with E-state index in [1.165, 1.54) is 83.6 Å². The summed E-state index contributed by atoms with van der Waals surface area (Å²) in [5.74, 6) is 0. The van der Waals surface area contributed by atoms with Crippen molar-refractivity contribution in [2.24, 2.45) is 0 Å². The van der Waals surface area contributed by atoms with E-state index in [1.807, 2.05) is 0 Å². The lowest BCUT2D eigenvalue weighted by Gasteiger charge is -2.20. The summed E-state index contributed by atoms with van der Waals surface area (Å²) >= 11 is 0. The van der Waals surface area contributed by atoms with Gasteiger partial charge in [-0.1, -0.05) is 52.4 Å². The average molecular weight is 284 g/mol. The van der Waals surface area contributed by atoms with Gasteiger partial charge in [0.25, 0.3) is 0 Å². The SMILES string of the molecule is CCCCCCCCC(CCC1CCCO1)NCCC. The number of ether oxygens (including phenoxy) is 1. The predicted molar refractivity (Wildman–Crippen MR) is 88.3 cm³/mol. The van der Waals surface area contributed by atoms with Crippen molar-refractivity contribution in [1.82, 2.24) is 5.32 Å². The average Bonchev–Trinajstić information content (AvgIpc) is 2.98. The van der Waals surface area contributed by atoms with Gasteiger partial charge >= 0.3 is 0 Å². The van der Waals surface area contributed by atoms with Crippen LogP contribution < -0.4 is 5.32 Å². The number of hydrogen-bond acceptors (Lipinski definition) is 2. The smallest absolute Gasteiger partial charge is 0.0576 e. The summed E-state index contributed by atoms with van der Waals surface area (Å²) in [4.78, 5) is 0. The third-order valence-electron chi connectivity index (χ3n) is 4.45. The molecule has 20 heavy (non-hydrogen) atoms. The first-order valence-corrected chi connectivity index (χ1v) is 9.21. The van der Waals surface area contributed by atoms with E-state index in [0.717, 1.165) is 12.6 Å². The van der Waals surface area contributed by atoms with Crippen molar-refractivity contribution in [1.29, 1.82) is 0 Å². The Morgan fingerprint density at radius 3 is 2.50 bits per heavy atom. The number of nitrogens with one attached hydrogen (secondary N) is 1. The fourth-order valence-corrected chi connectivity index (χ4v) is 3.13. The van der Waals surface area contributed by atoms with Crippen molar-refractivity contribution in [3.8, 4) is 0 Å². The molecule has 0 saturated carbocycles. The summed E-state index contributed by atoms with van der Waals surface area (Å²) in [7, 11) is 0. The van der Waals surface area contributed by atoms with Crippen LogP contribution >= 0.6 is 0 Å². The molecule has 1 aliphatic rings.